The van der Waals surface area contributed by atoms with Gasteiger partial charge in [0.25, 0.3) is 0 Å². The Morgan fingerprint density at radius 3 is 2.85 bits per heavy atom. The Bertz CT molecular complexity index is 656. The van der Waals surface area contributed by atoms with Gasteiger partial charge in [-0.2, -0.15) is 0 Å². The number of hydrogen-bond donors (Lipinski definition) is 2. The number of aromatic hydroxyl groups is 1. The fourth-order valence-electron chi connectivity index (χ4n) is 4.66. The van der Waals surface area contributed by atoms with Gasteiger partial charge in [0.05, 0.1) is 0 Å². The van der Waals surface area contributed by atoms with Crippen LogP contribution in [0, 0.1) is 5.41 Å². The summed E-state index contributed by atoms with van der Waals surface area (Å²) >= 11 is 0. The Morgan fingerprint density at radius 1 is 1.38 bits per heavy atom. The molecule has 3 N–H and O–H groups in total. The highest BCUT2D eigenvalue weighted by Gasteiger charge is 2.39. The lowest BCUT2D eigenvalue weighted by Gasteiger charge is -2.43. The number of hydrogen-bond acceptors (Lipinski definition) is 4. The van der Waals surface area contributed by atoms with Crippen LogP contribution in [0.5, 0.6) is 11.5 Å². The highest BCUT2D eigenvalue weighted by atomic mass is 16.5. The third-order valence-corrected chi connectivity index (χ3v) is 6.24. The predicted octanol–water partition coefficient (Wildman–Crippen LogP) is 3.65. The number of phenolic OH excluding ortho intramolecular Hbond substituents is 1. The molecule has 0 aromatic heterocycles. The zero-order valence-electron chi connectivity index (χ0n) is 16.5. The molecule has 4 nitrogen and oxygen atoms in total. The minimum Gasteiger partial charge on any atom is -0.504 e. The first-order chi connectivity index (χ1) is 12.4. The average molecular weight is 359 g/mol. The van der Waals surface area contributed by atoms with Crippen LogP contribution in [-0.4, -0.2) is 41.3 Å². The van der Waals surface area contributed by atoms with Crippen LogP contribution < -0.4 is 10.5 Å². The van der Waals surface area contributed by atoms with E-state index in [9.17, 15) is 5.11 Å². The minimum absolute atomic E-state index is 0.00768. The Morgan fingerprint density at radius 2 is 2.15 bits per heavy atom. The van der Waals surface area contributed by atoms with Crippen LogP contribution in [0.3, 0.4) is 0 Å². The maximum absolute atomic E-state index is 10.3. The van der Waals surface area contributed by atoms with Crippen LogP contribution in [0.1, 0.15) is 51.2 Å². The van der Waals surface area contributed by atoms with Gasteiger partial charge in [-0.05, 0) is 49.3 Å². The Kier molecular flexibility index (Phi) is 5.64. The number of rotatable bonds is 5. The van der Waals surface area contributed by atoms with E-state index in [1.54, 1.807) is 6.07 Å². The number of benzene rings is 1. The number of ether oxygens (including phenoxy) is 1. The molecule has 1 aliphatic heterocycles. The number of nitrogens with zero attached hydrogens (tertiary/aromatic N) is 1. The molecule has 3 rings (SSSR count). The molecule has 1 aliphatic carbocycles. The molecule has 2 aliphatic rings. The van der Waals surface area contributed by atoms with Gasteiger partial charge < -0.3 is 15.6 Å². The van der Waals surface area contributed by atoms with Crippen LogP contribution in [-0.2, 0) is 12.8 Å². The Labute approximate surface area is 158 Å². The molecule has 144 valence electrons. The molecule has 1 heterocycles. The van der Waals surface area contributed by atoms with E-state index in [1.807, 2.05) is 6.08 Å². The van der Waals surface area contributed by atoms with Crippen molar-refractivity contribution in [2.45, 2.75) is 71.1 Å². The van der Waals surface area contributed by atoms with Gasteiger partial charge in [0.15, 0.2) is 11.5 Å². The van der Waals surface area contributed by atoms with E-state index in [4.69, 9.17) is 10.5 Å². The SMILES string of the molecule is C=CCN(CCC)C1Cc2ccc(O)c3c2C[C@@H](O3)[C@H](N)CCC1(C)C. The van der Waals surface area contributed by atoms with Crippen LogP contribution in [0.4, 0.5) is 0 Å². The predicted molar refractivity (Wildman–Crippen MR) is 107 cm³/mol. The molecule has 0 radical (unpaired) electrons. The van der Waals surface area contributed by atoms with Gasteiger partial charge in [-0.1, -0.05) is 32.9 Å². The van der Waals surface area contributed by atoms with Gasteiger partial charge in [-0.15, -0.1) is 6.58 Å². The van der Waals surface area contributed by atoms with Crippen molar-refractivity contribution < 1.29 is 9.84 Å². The Hall–Kier alpha value is -1.52. The van der Waals surface area contributed by atoms with Gasteiger partial charge >= 0.3 is 0 Å². The van der Waals surface area contributed by atoms with Gasteiger partial charge in [-0.3, -0.25) is 4.90 Å². The van der Waals surface area contributed by atoms with E-state index in [2.05, 4.69) is 38.3 Å². The molecule has 0 saturated heterocycles. The molecule has 0 spiro atoms. The lowest BCUT2D eigenvalue weighted by Crippen LogP contribution is -2.49. The van der Waals surface area contributed by atoms with E-state index >= 15 is 0 Å². The van der Waals surface area contributed by atoms with E-state index in [1.165, 1.54) is 5.56 Å². The lowest BCUT2D eigenvalue weighted by atomic mass is 9.74. The first kappa shape index (κ1) is 19.2. The molecule has 1 aromatic carbocycles. The highest BCUT2D eigenvalue weighted by molar-refractivity contribution is 5.53. The first-order valence-electron chi connectivity index (χ1n) is 9.98. The molecule has 3 atom stereocenters. The fourth-order valence-corrected chi connectivity index (χ4v) is 4.66. The molecule has 1 aromatic rings. The molecular weight excluding hydrogens is 324 g/mol. The normalized spacial score (nSPS) is 27.2. The smallest absolute Gasteiger partial charge is 0.165 e. The molecule has 2 bridgehead atoms. The third kappa shape index (κ3) is 3.63. The summed E-state index contributed by atoms with van der Waals surface area (Å²) in [7, 11) is 0. The zero-order chi connectivity index (χ0) is 18.9. The number of fused-ring (bicyclic) bond motifs is 1. The second-order valence-electron chi connectivity index (χ2n) is 8.61. The fraction of sp³-hybridized carbons (Fsp3) is 0.636. The molecule has 0 saturated carbocycles. The van der Waals surface area contributed by atoms with Crippen molar-refractivity contribution in [3.8, 4) is 11.5 Å². The van der Waals surface area contributed by atoms with Crippen molar-refractivity contribution in [2.75, 3.05) is 13.1 Å². The summed E-state index contributed by atoms with van der Waals surface area (Å²) in [5, 5.41) is 10.3. The maximum atomic E-state index is 10.3. The summed E-state index contributed by atoms with van der Waals surface area (Å²) in [5.74, 6) is 0.900. The second kappa shape index (κ2) is 7.61. The summed E-state index contributed by atoms with van der Waals surface area (Å²) in [6, 6.07) is 4.25. The summed E-state index contributed by atoms with van der Waals surface area (Å²) < 4.78 is 6.08. The van der Waals surface area contributed by atoms with Crippen molar-refractivity contribution in [1.82, 2.24) is 4.90 Å². The number of phenols is 1. The molecule has 0 amide bonds. The summed E-state index contributed by atoms with van der Waals surface area (Å²) in [6.07, 6.45) is 6.89. The molecule has 4 heteroatoms. The Balaban J connectivity index is 2.04. The van der Waals surface area contributed by atoms with Gasteiger partial charge in [-0.25, -0.2) is 0 Å². The maximum Gasteiger partial charge on any atom is 0.165 e. The highest BCUT2D eigenvalue weighted by Crippen LogP contribution is 2.44. The monoisotopic (exact) mass is 358 g/mol. The van der Waals surface area contributed by atoms with Crippen LogP contribution in [0.25, 0.3) is 0 Å². The van der Waals surface area contributed by atoms with E-state index in [0.29, 0.717) is 11.8 Å². The van der Waals surface area contributed by atoms with Crippen molar-refractivity contribution >= 4 is 0 Å². The third-order valence-electron chi connectivity index (χ3n) is 6.24. The van der Waals surface area contributed by atoms with Crippen molar-refractivity contribution in [1.29, 1.82) is 0 Å². The van der Waals surface area contributed by atoms with E-state index in [-0.39, 0.29) is 23.3 Å². The number of nitrogens with two attached hydrogens (primary N) is 1. The summed E-state index contributed by atoms with van der Waals surface area (Å²) in [6.45, 7) is 12.9. The topological polar surface area (TPSA) is 58.7 Å². The first-order valence-corrected chi connectivity index (χ1v) is 9.98. The van der Waals surface area contributed by atoms with Crippen molar-refractivity contribution in [3.63, 3.8) is 0 Å². The van der Waals surface area contributed by atoms with E-state index < -0.39 is 0 Å². The van der Waals surface area contributed by atoms with E-state index in [0.717, 1.165) is 50.8 Å². The molecule has 1 unspecified atom stereocenters. The van der Waals surface area contributed by atoms with Gasteiger partial charge in [0.2, 0.25) is 0 Å². The minimum atomic E-state index is -0.0238. The lowest BCUT2D eigenvalue weighted by molar-refractivity contribution is 0.0802. The second-order valence-corrected chi connectivity index (χ2v) is 8.61. The van der Waals surface area contributed by atoms with Crippen LogP contribution >= 0.6 is 0 Å². The standard InChI is InChI=1S/C22H34N2O2/c1-5-11-24(12-6-2)20-13-15-7-8-18(25)21-16(15)14-19(26-21)17(23)9-10-22(20,3)4/h5,7-8,17,19-20,25H,1,6,9-14,23H2,2-4H3/t17-,19-,20?/m1/s1. The van der Waals surface area contributed by atoms with Crippen LogP contribution in [0.2, 0.25) is 0 Å². The van der Waals surface area contributed by atoms with Crippen molar-refractivity contribution in [2.24, 2.45) is 11.1 Å². The summed E-state index contributed by atoms with van der Waals surface area (Å²) in [4.78, 5) is 2.56. The van der Waals surface area contributed by atoms with Gasteiger partial charge in [0, 0.05) is 30.6 Å². The summed E-state index contributed by atoms with van der Waals surface area (Å²) in [5.41, 5.74) is 9.07. The average Bonchev–Trinajstić information content (AvgIpc) is 3.05. The quantitative estimate of drug-likeness (QED) is 0.789. The van der Waals surface area contributed by atoms with Crippen molar-refractivity contribution in [3.05, 3.63) is 35.9 Å². The van der Waals surface area contributed by atoms with Crippen LogP contribution in [0.15, 0.2) is 24.8 Å². The zero-order valence-corrected chi connectivity index (χ0v) is 16.5. The molecule has 26 heavy (non-hydrogen) atoms. The van der Waals surface area contributed by atoms with Gasteiger partial charge in [0.1, 0.15) is 6.10 Å². The molecular formula is C22H34N2O2. The molecule has 0 fully saturated rings. The largest absolute Gasteiger partial charge is 0.504 e.